The van der Waals surface area contributed by atoms with Crippen LogP contribution in [0.1, 0.15) is 41.3 Å². The zero-order valence-electron chi connectivity index (χ0n) is 21.5. The Balaban J connectivity index is 1.29. The summed E-state index contributed by atoms with van der Waals surface area (Å²) < 4.78 is 11.1. The Labute approximate surface area is 226 Å². The Kier molecular flexibility index (Phi) is 9.39. The summed E-state index contributed by atoms with van der Waals surface area (Å²) in [5.41, 5.74) is 2.56. The molecule has 8 heteroatoms. The normalized spacial score (nSPS) is 13.7. The number of nitrogens with zero attached hydrogens (tertiary/aromatic N) is 1. The molecule has 39 heavy (non-hydrogen) atoms. The van der Waals surface area contributed by atoms with Gasteiger partial charge in [0.2, 0.25) is 0 Å². The van der Waals surface area contributed by atoms with E-state index in [1.54, 1.807) is 84.9 Å². The number of rotatable bonds is 12. The van der Waals surface area contributed by atoms with E-state index >= 15 is 0 Å². The van der Waals surface area contributed by atoms with Gasteiger partial charge in [-0.05, 0) is 66.1 Å². The number of hydrogen-bond donors (Lipinski definition) is 1. The van der Waals surface area contributed by atoms with E-state index in [1.807, 2.05) is 0 Å². The molecular formula is C31H29NO7. The number of hydrogen-bond acceptors (Lipinski definition) is 7. The number of ether oxygens (including phenoxy) is 2. The van der Waals surface area contributed by atoms with E-state index in [1.165, 1.54) is 12.2 Å². The van der Waals surface area contributed by atoms with Gasteiger partial charge in [0.05, 0.1) is 17.9 Å². The number of carbonyl (C=O) groups is 3. The van der Waals surface area contributed by atoms with Crippen LogP contribution < -0.4 is 14.4 Å². The fourth-order valence-corrected chi connectivity index (χ4v) is 3.86. The molecule has 0 radical (unpaired) electrons. The topological polar surface area (TPSA) is 102 Å². The summed E-state index contributed by atoms with van der Waals surface area (Å²) >= 11 is 0. The first kappa shape index (κ1) is 27.5. The molecule has 0 saturated heterocycles. The number of esters is 1. The van der Waals surface area contributed by atoms with Crippen molar-refractivity contribution in [2.24, 2.45) is 0 Å². The second-order valence-electron chi connectivity index (χ2n) is 8.90. The lowest BCUT2D eigenvalue weighted by molar-refractivity contribution is -0.265. The number of carbonyl (C=O) groups excluding carboxylic acids is 3. The SMILES string of the molecule is CCCCOc1ccc(C(=O)Oc2ccc(/C=C/C(Cc3ccc(N4C(=O)C=CC4=O)cc3)OO)cc2)cc1. The molecule has 1 aliphatic heterocycles. The van der Waals surface area contributed by atoms with E-state index in [4.69, 9.17) is 9.47 Å². The number of anilines is 1. The lowest BCUT2D eigenvalue weighted by atomic mass is 10.1. The Hall–Kier alpha value is -4.53. The van der Waals surface area contributed by atoms with Crippen molar-refractivity contribution in [1.82, 2.24) is 0 Å². The summed E-state index contributed by atoms with van der Waals surface area (Å²) in [5.74, 6) is -0.107. The molecule has 3 aromatic rings. The fourth-order valence-electron chi connectivity index (χ4n) is 3.86. The van der Waals surface area contributed by atoms with Crippen LogP contribution in [0.15, 0.2) is 91.0 Å². The molecule has 0 aliphatic carbocycles. The highest BCUT2D eigenvalue weighted by molar-refractivity contribution is 6.28. The molecule has 3 aromatic carbocycles. The molecule has 8 nitrogen and oxygen atoms in total. The molecule has 1 atom stereocenters. The van der Waals surface area contributed by atoms with Gasteiger partial charge in [0.25, 0.3) is 11.8 Å². The van der Waals surface area contributed by atoms with Gasteiger partial charge in [-0.25, -0.2) is 14.6 Å². The minimum Gasteiger partial charge on any atom is -0.494 e. The third-order valence-corrected chi connectivity index (χ3v) is 6.03. The minimum absolute atomic E-state index is 0.367. The van der Waals surface area contributed by atoms with Gasteiger partial charge in [0.15, 0.2) is 0 Å². The summed E-state index contributed by atoms with van der Waals surface area (Å²) in [4.78, 5) is 41.8. The maximum Gasteiger partial charge on any atom is 0.343 e. The van der Waals surface area contributed by atoms with Crippen LogP contribution in [0, 0.1) is 0 Å². The average Bonchev–Trinajstić information content (AvgIpc) is 3.30. The third kappa shape index (κ3) is 7.50. The first-order valence-electron chi connectivity index (χ1n) is 12.7. The number of unbranched alkanes of at least 4 members (excludes halogenated alkanes) is 1. The molecule has 2 amide bonds. The zero-order chi connectivity index (χ0) is 27.6. The van der Waals surface area contributed by atoms with Crippen molar-refractivity contribution >= 4 is 29.5 Å². The average molecular weight is 528 g/mol. The van der Waals surface area contributed by atoms with E-state index in [0.29, 0.717) is 35.8 Å². The maximum absolute atomic E-state index is 12.5. The molecule has 1 heterocycles. The highest BCUT2D eigenvalue weighted by Gasteiger charge is 2.24. The lowest BCUT2D eigenvalue weighted by Gasteiger charge is -2.15. The van der Waals surface area contributed by atoms with Crippen LogP contribution in [0.5, 0.6) is 11.5 Å². The molecule has 200 valence electrons. The van der Waals surface area contributed by atoms with Crippen molar-refractivity contribution in [3.05, 3.63) is 108 Å². The van der Waals surface area contributed by atoms with Crippen molar-refractivity contribution in [3.8, 4) is 11.5 Å². The lowest BCUT2D eigenvalue weighted by Crippen LogP contribution is -2.29. The Morgan fingerprint density at radius 1 is 0.897 bits per heavy atom. The first-order valence-corrected chi connectivity index (χ1v) is 12.7. The van der Waals surface area contributed by atoms with Gasteiger partial charge in [-0.2, -0.15) is 0 Å². The molecule has 0 bridgehead atoms. The van der Waals surface area contributed by atoms with Gasteiger partial charge in [-0.3, -0.25) is 14.8 Å². The number of benzene rings is 3. The molecule has 4 rings (SSSR count). The number of amides is 2. The smallest absolute Gasteiger partial charge is 0.343 e. The van der Waals surface area contributed by atoms with E-state index in [-0.39, 0.29) is 11.8 Å². The first-order chi connectivity index (χ1) is 19.0. The predicted octanol–water partition coefficient (Wildman–Crippen LogP) is 5.63. The Morgan fingerprint density at radius 2 is 1.54 bits per heavy atom. The van der Waals surface area contributed by atoms with Crippen molar-refractivity contribution in [2.75, 3.05) is 11.5 Å². The van der Waals surface area contributed by atoms with Crippen molar-refractivity contribution in [1.29, 1.82) is 0 Å². The van der Waals surface area contributed by atoms with E-state index < -0.39 is 12.1 Å². The summed E-state index contributed by atoms with van der Waals surface area (Å²) in [6, 6.07) is 20.7. The summed E-state index contributed by atoms with van der Waals surface area (Å²) in [7, 11) is 0. The van der Waals surface area contributed by atoms with Crippen LogP contribution in [0.3, 0.4) is 0 Å². The zero-order valence-corrected chi connectivity index (χ0v) is 21.5. The maximum atomic E-state index is 12.5. The molecule has 0 saturated carbocycles. The largest absolute Gasteiger partial charge is 0.494 e. The quantitative estimate of drug-likeness (QED) is 0.0813. The van der Waals surface area contributed by atoms with Gasteiger partial charge in [-0.15, -0.1) is 0 Å². The van der Waals surface area contributed by atoms with Crippen molar-refractivity contribution < 1.29 is 34.0 Å². The molecular weight excluding hydrogens is 498 g/mol. The van der Waals surface area contributed by atoms with Crippen molar-refractivity contribution in [3.63, 3.8) is 0 Å². The molecule has 1 aliphatic rings. The minimum atomic E-state index is -0.626. The molecule has 0 fully saturated rings. The van der Waals surface area contributed by atoms with Crippen LogP contribution in [-0.2, 0) is 20.9 Å². The second-order valence-corrected chi connectivity index (χ2v) is 8.90. The van der Waals surface area contributed by atoms with Crippen LogP contribution >= 0.6 is 0 Å². The third-order valence-electron chi connectivity index (χ3n) is 6.03. The van der Waals surface area contributed by atoms with Crippen LogP contribution in [0.2, 0.25) is 0 Å². The summed E-state index contributed by atoms with van der Waals surface area (Å²) in [6.45, 7) is 2.74. The standard InChI is InChI=1S/C31H29NO7/c1-2-3-20-37-26-16-9-24(10-17-26)31(35)38-27-13-6-22(7-14-27)8-15-28(39-36)21-23-4-11-25(12-5-23)32-29(33)18-19-30(32)34/h4-19,28,36H,2-3,20-21H2,1H3/b15-8+. The number of imide groups is 1. The highest BCUT2D eigenvalue weighted by Crippen LogP contribution is 2.21. The van der Waals surface area contributed by atoms with E-state index in [2.05, 4.69) is 11.8 Å². The molecule has 1 unspecified atom stereocenters. The molecule has 0 spiro atoms. The Morgan fingerprint density at radius 3 is 2.15 bits per heavy atom. The Bertz CT molecular complexity index is 1330. The highest BCUT2D eigenvalue weighted by atomic mass is 17.1. The van der Waals surface area contributed by atoms with Gasteiger partial charge < -0.3 is 9.47 Å². The monoisotopic (exact) mass is 527 g/mol. The fraction of sp³-hybridized carbons (Fsp3) is 0.194. The van der Waals surface area contributed by atoms with Gasteiger partial charge in [0, 0.05) is 18.6 Å². The van der Waals surface area contributed by atoms with Gasteiger partial charge in [-0.1, -0.05) is 49.8 Å². The predicted molar refractivity (Wildman–Crippen MR) is 147 cm³/mol. The van der Waals surface area contributed by atoms with Crippen molar-refractivity contribution in [2.45, 2.75) is 32.3 Å². The van der Waals surface area contributed by atoms with Crippen LogP contribution in [0.25, 0.3) is 6.08 Å². The second kappa shape index (κ2) is 13.3. The van der Waals surface area contributed by atoms with Crippen LogP contribution in [-0.4, -0.2) is 35.8 Å². The van der Waals surface area contributed by atoms with Gasteiger partial charge in [0.1, 0.15) is 17.6 Å². The summed E-state index contributed by atoms with van der Waals surface area (Å²) in [6.07, 6.45) is 7.72. The molecule has 0 aromatic heterocycles. The van der Waals surface area contributed by atoms with Gasteiger partial charge >= 0.3 is 5.97 Å². The molecule has 1 N–H and O–H groups in total. The van der Waals surface area contributed by atoms with E-state index in [0.717, 1.165) is 28.9 Å². The van der Waals surface area contributed by atoms with Crippen LogP contribution in [0.4, 0.5) is 5.69 Å². The van der Waals surface area contributed by atoms with E-state index in [9.17, 15) is 19.6 Å². The summed E-state index contributed by atoms with van der Waals surface area (Å²) in [5, 5.41) is 9.36.